The number of fused-ring (bicyclic) bond motifs is 6. The van der Waals surface area contributed by atoms with Crippen LogP contribution in [-0.2, 0) is 0 Å². The number of benzene rings is 11. The Balaban J connectivity index is 1.33. The van der Waals surface area contributed by atoms with Gasteiger partial charge in [0.2, 0.25) is 0 Å². The molecule has 4 heterocycles. The van der Waals surface area contributed by atoms with E-state index in [1.54, 1.807) is 24.3 Å². The maximum absolute atomic E-state index is 16.2. The molecule has 0 unspecified atom stereocenters. The first-order valence-electron chi connectivity index (χ1n) is 28.2. The molecule has 0 N–H and O–H groups in total. The summed E-state index contributed by atoms with van der Waals surface area (Å²) in [6.07, 6.45) is 0. The van der Waals surface area contributed by atoms with Gasteiger partial charge in [-0.05, 0) is 94.5 Å². The second-order valence-electron chi connectivity index (χ2n) is 23.2. The topological polar surface area (TPSA) is 131 Å². The Morgan fingerprint density at radius 2 is 0.488 bits per heavy atom. The lowest BCUT2D eigenvalue weighted by Gasteiger charge is -2.23. The molecule has 0 spiro atoms. The van der Waals surface area contributed by atoms with Crippen LogP contribution < -0.4 is 22.2 Å². The van der Waals surface area contributed by atoms with E-state index in [4.69, 9.17) is 17.7 Å². The maximum atomic E-state index is 16.2. The Labute approximate surface area is 467 Å². The van der Waals surface area contributed by atoms with Gasteiger partial charge >= 0.3 is 0 Å². The molecule has 10 heteroatoms. The predicted octanol–water partition coefficient (Wildman–Crippen LogP) is 18.0. The summed E-state index contributed by atoms with van der Waals surface area (Å²) in [6, 6.07) is 49.7. The van der Waals surface area contributed by atoms with Crippen LogP contribution in [-0.4, -0.2) is 9.13 Å². The van der Waals surface area contributed by atoms with Crippen LogP contribution in [0.4, 0.5) is 0 Å². The number of para-hydroxylation sites is 6. The van der Waals surface area contributed by atoms with Gasteiger partial charge in [0.1, 0.15) is 44.7 Å². The van der Waals surface area contributed by atoms with Gasteiger partial charge in [-0.3, -0.25) is 19.2 Å². The monoisotopic (exact) mass is 1070 g/mol. The van der Waals surface area contributed by atoms with Crippen molar-refractivity contribution in [3.05, 3.63) is 221 Å². The highest BCUT2D eigenvalue weighted by Crippen LogP contribution is 2.51. The average Bonchev–Trinajstić information content (AvgIpc) is 0.749. The number of rotatable bonds is 6. The van der Waals surface area contributed by atoms with E-state index in [0.717, 1.165) is 22.3 Å². The van der Waals surface area contributed by atoms with Crippen molar-refractivity contribution < 1.29 is 17.7 Å². The summed E-state index contributed by atoms with van der Waals surface area (Å²) in [4.78, 5) is 64.7. The van der Waals surface area contributed by atoms with Gasteiger partial charge < -0.3 is 17.7 Å². The first-order valence-corrected chi connectivity index (χ1v) is 28.2. The zero-order valence-corrected chi connectivity index (χ0v) is 46.5. The normalized spacial score (nSPS) is 12.5. The third-order valence-electron chi connectivity index (χ3n) is 17.0. The van der Waals surface area contributed by atoms with Crippen LogP contribution in [0.3, 0.4) is 0 Å². The van der Waals surface area contributed by atoms with Crippen molar-refractivity contribution >= 4 is 131 Å². The lowest BCUT2D eigenvalue weighted by molar-refractivity contribution is 0.656. The van der Waals surface area contributed by atoms with Crippen molar-refractivity contribution in [2.45, 2.75) is 79.1 Å². The summed E-state index contributed by atoms with van der Waals surface area (Å²) in [5.74, 6) is -0.214. The van der Waals surface area contributed by atoms with Gasteiger partial charge in [0.05, 0.1) is 32.9 Å². The molecule has 0 aliphatic rings. The van der Waals surface area contributed by atoms with Gasteiger partial charge in [-0.2, -0.15) is 0 Å². The van der Waals surface area contributed by atoms with Crippen molar-refractivity contribution in [3.8, 4) is 11.4 Å². The number of aromatic nitrogens is 2. The zero-order valence-electron chi connectivity index (χ0n) is 46.5. The molecule has 0 amide bonds. The van der Waals surface area contributed by atoms with E-state index >= 15 is 19.2 Å². The molecule has 0 aliphatic carbocycles. The predicted molar refractivity (Wildman–Crippen MR) is 334 cm³/mol. The third-order valence-corrected chi connectivity index (χ3v) is 17.0. The largest absolute Gasteiger partial charge is 0.456 e. The summed E-state index contributed by atoms with van der Waals surface area (Å²) >= 11 is 0. The van der Waals surface area contributed by atoms with Crippen molar-refractivity contribution in [2.75, 3.05) is 0 Å². The quantitative estimate of drug-likeness (QED) is 0.119. The number of hydrogen-bond acceptors (Lipinski definition) is 8. The summed E-state index contributed by atoms with van der Waals surface area (Å²) in [5.41, 5.74) is 5.48. The Morgan fingerprint density at radius 3 is 0.720 bits per heavy atom. The molecule has 10 nitrogen and oxygen atoms in total. The fraction of sp³-hybridized carbons (Fsp3) is 0.167. The summed E-state index contributed by atoms with van der Waals surface area (Å²) in [5, 5.41) is 7.45. The highest BCUT2D eigenvalue weighted by atomic mass is 16.3. The Hall–Kier alpha value is -9.80. The van der Waals surface area contributed by atoms with Crippen LogP contribution in [0.25, 0.3) is 142 Å². The molecule has 11 aromatic carbocycles. The first kappa shape index (κ1) is 49.3. The molecule has 0 fully saturated rings. The summed E-state index contributed by atoms with van der Waals surface area (Å²) < 4.78 is 32.4. The number of hydrogen-bond donors (Lipinski definition) is 0. The van der Waals surface area contributed by atoms with Gasteiger partial charge in [0, 0.05) is 64.6 Å². The number of pyridine rings is 2. The molecule has 15 aromatic rings. The zero-order chi connectivity index (χ0) is 56.3. The molecule has 0 saturated heterocycles. The molecular weight excluding hydrogens is 1020 g/mol. The summed E-state index contributed by atoms with van der Waals surface area (Å²) in [7, 11) is 0. The molecule has 0 radical (unpaired) electrons. The van der Waals surface area contributed by atoms with Crippen molar-refractivity contribution in [3.63, 3.8) is 0 Å². The molecule has 0 aliphatic heterocycles. The molecule has 0 atom stereocenters. The molecular formula is C72H54N2O8. The van der Waals surface area contributed by atoms with Crippen LogP contribution in [0.15, 0.2) is 195 Å². The van der Waals surface area contributed by atoms with Crippen LogP contribution in [0.2, 0.25) is 0 Å². The van der Waals surface area contributed by atoms with Gasteiger partial charge in [-0.25, -0.2) is 9.13 Å². The molecule has 4 aromatic heterocycles. The van der Waals surface area contributed by atoms with Crippen molar-refractivity contribution in [1.29, 1.82) is 0 Å². The van der Waals surface area contributed by atoms with E-state index in [-0.39, 0.29) is 67.5 Å². The molecule has 400 valence electrons. The molecule has 15 rings (SSSR count). The highest BCUT2D eigenvalue weighted by Gasteiger charge is 2.32. The highest BCUT2D eigenvalue weighted by molar-refractivity contribution is 6.47. The molecule has 0 bridgehead atoms. The summed E-state index contributed by atoms with van der Waals surface area (Å²) in [6.45, 7) is 16.5. The minimum Gasteiger partial charge on any atom is -0.456 e. The van der Waals surface area contributed by atoms with Gasteiger partial charge in [0.15, 0.2) is 0 Å². The second-order valence-corrected chi connectivity index (χ2v) is 23.2. The van der Waals surface area contributed by atoms with Crippen LogP contribution in [0.5, 0.6) is 0 Å². The first-order chi connectivity index (χ1) is 39.7. The van der Waals surface area contributed by atoms with E-state index in [1.807, 2.05) is 133 Å². The van der Waals surface area contributed by atoms with E-state index < -0.39 is 22.2 Å². The molecule has 82 heavy (non-hydrogen) atoms. The standard InChI is InChI=1S/C72H54N2O8/c1-35(2)39-23-17-24-40(36(3)4)67(39)73-69(75)47-31-55-61-63-57(81-53-29-15-11-21-45(53)43-19-9-13-27-51(43)79-55)33-49-60-50(72(78)74(71(49)77)68-41(37(5)6)25-18-26-42(68)38(7)8)34-58-64(66(60)63)62-56(32-48(70(73)76)59(47)65(61)62)80-52-28-14-10-20-44(52)46-22-12-16-30-54(46)82-58/h9-38H,1-8H3. The Kier molecular flexibility index (Phi) is 10.7. The fourth-order valence-electron chi connectivity index (χ4n) is 13.4. The lowest BCUT2D eigenvalue weighted by atomic mass is 9.84. The smallest absolute Gasteiger partial charge is 0.266 e. The molecule has 0 saturated carbocycles. The maximum Gasteiger partial charge on any atom is 0.266 e. The van der Waals surface area contributed by atoms with E-state index in [1.165, 1.54) is 9.13 Å². The average molecular weight is 1080 g/mol. The van der Waals surface area contributed by atoms with E-state index in [2.05, 4.69) is 55.4 Å². The van der Waals surface area contributed by atoms with Crippen LogP contribution >= 0.6 is 0 Å². The Morgan fingerprint density at radius 1 is 0.256 bits per heavy atom. The van der Waals surface area contributed by atoms with Crippen molar-refractivity contribution in [2.24, 2.45) is 0 Å². The number of nitrogens with zero attached hydrogens (tertiary/aromatic N) is 2. The van der Waals surface area contributed by atoms with E-state index in [9.17, 15) is 0 Å². The minimum absolute atomic E-state index is 0.0535. The third kappa shape index (κ3) is 6.81. The van der Waals surface area contributed by atoms with Gasteiger partial charge in [-0.1, -0.05) is 165 Å². The van der Waals surface area contributed by atoms with Gasteiger partial charge in [-0.15, -0.1) is 0 Å². The van der Waals surface area contributed by atoms with Gasteiger partial charge in [0.25, 0.3) is 22.2 Å². The van der Waals surface area contributed by atoms with Crippen molar-refractivity contribution in [1.82, 2.24) is 9.13 Å². The van der Waals surface area contributed by atoms with Crippen LogP contribution in [0, 0.1) is 0 Å². The SMILES string of the molecule is CC(C)c1cccc(C(C)C)c1-n1c(=O)c2cc3oc4ccccc4c4ccccc4oc4cc5c(=O)n(-c6c(C(C)C)cccc6C(C)C)c(=O)c6cc7oc8ccccc8c8ccccc8oc8cc(c1=O)c2c1c3c4c(c56)c7c81. The minimum atomic E-state index is -0.516. The van der Waals surface area contributed by atoms with Crippen LogP contribution in [0.1, 0.15) is 101 Å². The van der Waals surface area contributed by atoms with E-state index in [0.29, 0.717) is 98.3 Å². The second kappa shape index (κ2) is 17.9. The Bertz CT molecular complexity index is 4970. The lowest BCUT2D eigenvalue weighted by Crippen LogP contribution is -2.34. The fourth-order valence-corrected chi connectivity index (χ4v) is 13.4.